The van der Waals surface area contributed by atoms with E-state index < -0.39 is 6.36 Å². The van der Waals surface area contributed by atoms with Crippen molar-refractivity contribution in [1.29, 1.82) is 0 Å². The van der Waals surface area contributed by atoms with Crippen LogP contribution in [-0.2, 0) is 0 Å². The Morgan fingerprint density at radius 2 is 2.19 bits per heavy atom. The van der Waals surface area contributed by atoms with E-state index in [2.05, 4.69) is 15.0 Å². The molecule has 1 saturated heterocycles. The van der Waals surface area contributed by atoms with Gasteiger partial charge in [0.05, 0.1) is 6.04 Å². The van der Waals surface area contributed by atoms with E-state index in [1.807, 2.05) is 0 Å². The lowest BCUT2D eigenvalue weighted by Crippen LogP contribution is -2.32. The van der Waals surface area contributed by atoms with Crippen molar-refractivity contribution < 1.29 is 22.3 Å². The first-order valence-corrected chi connectivity index (χ1v) is 6.73. The van der Waals surface area contributed by atoms with Crippen molar-refractivity contribution in [2.75, 3.05) is 6.54 Å². The average molecular weight is 316 g/mol. The van der Waals surface area contributed by atoms with Crippen LogP contribution in [0.4, 0.5) is 13.2 Å². The highest BCUT2D eigenvalue weighted by molar-refractivity contribution is 7.80. The fourth-order valence-corrected chi connectivity index (χ4v) is 2.41. The molecule has 3 rings (SSSR count). The molecule has 21 heavy (non-hydrogen) atoms. The van der Waals surface area contributed by atoms with E-state index in [0.29, 0.717) is 18.0 Å². The molecule has 1 aliphatic rings. The molecular weight excluding hydrogens is 305 g/mol. The zero-order valence-electron chi connectivity index (χ0n) is 10.7. The van der Waals surface area contributed by atoms with Gasteiger partial charge >= 0.3 is 6.36 Å². The Labute approximate surface area is 123 Å². The van der Waals surface area contributed by atoms with Gasteiger partial charge < -0.3 is 14.5 Å². The predicted molar refractivity (Wildman–Crippen MR) is 73.3 cm³/mol. The number of alkyl halides is 3. The van der Waals surface area contributed by atoms with Gasteiger partial charge in [0.1, 0.15) is 11.3 Å². The van der Waals surface area contributed by atoms with Crippen molar-refractivity contribution in [2.45, 2.75) is 25.2 Å². The molecule has 112 valence electrons. The molecule has 1 atom stereocenters. The number of aromatic nitrogens is 1. The maximum absolute atomic E-state index is 12.2. The molecule has 2 aromatic rings. The van der Waals surface area contributed by atoms with Gasteiger partial charge in [-0.15, -0.1) is 13.2 Å². The molecule has 0 aliphatic carbocycles. The van der Waals surface area contributed by atoms with E-state index in [1.54, 1.807) is 0 Å². The molecule has 1 aromatic heterocycles. The first-order chi connectivity index (χ1) is 9.90. The van der Waals surface area contributed by atoms with Crippen LogP contribution in [0.2, 0.25) is 0 Å². The number of hydrogen-bond acceptors (Lipinski definition) is 5. The van der Waals surface area contributed by atoms with E-state index in [0.717, 1.165) is 17.7 Å². The van der Waals surface area contributed by atoms with Crippen molar-refractivity contribution in [3.8, 4) is 5.75 Å². The van der Waals surface area contributed by atoms with Gasteiger partial charge in [0.25, 0.3) is 0 Å². The van der Waals surface area contributed by atoms with Crippen molar-refractivity contribution in [3.05, 3.63) is 24.1 Å². The van der Waals surface area contributed by atoms with Gasteiger partial charge in [-0.05, 0) is 25.0 Å². The Morgan fingerprint density at radius 3 is 2.86 bits per heavy atom. The normalized spacial score (nSPS) is 20.0. The first-order valence-electron chi connectivity index (χ1n) is 6.32. The van der Waals surface area contributed by atoms with Gasteiger partial charge in [0, 0.05) is 17.5 Å². The Kier molecular flexibility index (Phi) is 3.58. The summed E-state index contributed by atoms with van der Waals surface area (Å²) < 4.78 is 45.9. The second kappa shape index (κ2) is 5.27. The lowest BCUT2D eigenvalue weighted by Gasteiger charge is -2.21. The summed E-state index contributed by atoms with van der Waals surface area (Å²) in [6, 6.07) is 3.77. The highest BCUT2D eigenvalue weighted by atomic mass is 32.1. The van der Waals surface area contributed by atoms with Gasteiger partial charge in [0.15, 0.2) is 5.58 Å². The summed E-state index contributed by atoms with van der Waals surface area (Å²) in [7, 11) is 0. The number of thiocarbonyl (C=S) groups is 1. The van der Waals surface area contributed by atoms with Gasteiger partial charge in [-0.3, -0.25) is 0 Å². The monoisotopic (exact) mass is 316 g/mol. The summed E-state index contributed by atoms with van der Waals surface area (Å²) in [5.74, 6) is 0.132. The lowest BCUT2D eigenvalue weighted by molar-refractivity contribution is -0.274. The Balaban J connectivity index is 1.84. The molecule has 8 heteroatoms. The number of piperidine rings is 1. The van der Waals surface area contributed by atoms with Crippen molar-refractivity contribution >= 4 is 28.2 Å². The lowest BCUT2D eigenvalue weighted by atomic mass is 10.1. The molecule has 1 aromatic carbocycles. The Hall–Kier alpha value is -1.67. The van der Waals surface area contributed by atoms with E-state index in [9.17, 15) is 13.2 Å². The van der Waals surface area contributed by atoms with Gasteiger partial charge in [-0.2, -0.15) is 0 Å². The van der Waals surface area contributed by atoms with Gasteiger partial charge in [0.2, 0.25) is 5.89 Å². The Bertz CT molecular complexity index is 674. The second-order valence-electron chi connectivity index (χ2n) is 4.74. The molecule has 1 aliphatic heterocycles. The van der Waals surface area contributed by atoms with Gasteiger partial charge in [-0.1, -0.05) is 12.2 Å². The number of hydrogen-bond donors (Lipinski definition) is 1. The molecule has 0 radical (unpaired) electrons. The maximum atomic E-state index is 12.2. The van der Waals surface area contributed by atoms with Crippen LogP contribution in [0.5, 0.6) is 5.75 Å². The standard InChI is InChI=1S/C13H11F3N2O2S/c14-13(15,16)20-7-1-3-9-11(5-7)19-12(18-9)10-4-2-8(21)6-17-10/h1,3,5,10,17H,2,4,6H2/t10-/m1/s1. The molecule has 0 bridgehead atoms. The van der Waals surface area contributed by atoms with Crippen molar-refractivity contribution in [2.24, 2.45) is 0 Å². The van der Waals surface area contributed by atoms with E-state index in [4.69, 9.17) is 16.6 Å². The fourth-order valence-electron chi connectivity index (χ4n) is 2.21. The molecule has 0 amide bonds. The van der Waals surface area contributed by atoms with E-state index >= 15 is 0 Å². The third kappa shape index (κ3) is 3.33. The van der Waals surface area contributed by atoms with Crippen LogP contribution in [0.1, 0.15) is 24.8 Å². The quantitative estimate of drug-likeness (QED) is 0.859. The summed E-state index contributed by atoms with van der Waals surface area (Å²) in [6.45, 7) is 0.612. The third-order valence-corrected chi connectivity index (χ3v) is 3.51. The van der Waals surface area contributed by atoms with Crippen LogP contribution in [0.15, 0.2) is 22.6 Å². The van der Waals surface area contributed by atoms with Crippen LogP contribution < -0.4 is 10.1 Å². The maximum Gasteiger partial charge on any atom is 0.573 e. The molecule has 2 heterocycles. The number of fused-ring (bicyclic) bond motifs is 1. The minimum Gasteiger partial charge on any atom is -0.439 e. The highest BCUT2D eigenvalue weighted by Gasteiger charge is 2.31. The summed E-state index contributed by atoms with van der Waals surface area (Å²) in [4.78, 5) is 5.24. The zero-order chi connectivity index (χ0) is 15.0. The number of rotatable bonds is 2. The molecule has 0 spiro atoms. The smallest absolute Gasteiger partial charge is 0.439 e. The zero-order valence-corrected chi connectivity index (χ0v) is 11.6. The summed E-state index contributed by atoms with van der Waals surface area (Å²) in [5.41, 5.74) is 0.760. The number of ether oxygens (including phenoxy) is 1. The fraction of sp³-hybridized carbons (Fsp3) is 0.385. The third-order valence-electron chi connectivity index (χ3n) is 3.17. The Morgan fingerprint density at radius 1 is 1.38 bits per heavy atom. The summed E-state index contributed by atoms with van der Waals surface area (Å²) in [6.07, 6.45) is -3.16. The first kappa shape index (κ1) is 14.3. The van der Waals surface area contributed by atoms with Gasteiger partial charge in [-0.25, -0.2) is 4.98 Å². The van der Waals surface area contributed by atoms with Crippen LogP contribution in [0, 0.1) is 0 Å². The highest BCUT2D eigenvalue weighted by Crippen LogP contribution is 2.29. The van der Waals surface area contributed by atoms with E-state index in [-0.39, 0.29) is 17.4 Å². The molecule has 1 fully saturated rings. The average Bonchev–Trinajstić information content (AvgIpc) is 2.80. The number of halogens is 3. The summed E-state index contributed by atoms with van der Waals surface area (Å²) in [5, 5.41) is 3.19. The number of benzene rings is 1. The largest absolute Gasteiger partial charge is 0.573 e. The van der Waals surface area contributed by atoms with Crippen LogP contribution in [0.25, 0.3) is 11.1 Å². The van der Waals surface area contributed by atoms with E-state index in [1.165, 1.54) is 18.2 Å². The molecular formula is C13H11F3N2O2S. The summed E-state index contributed by atoms with van der Waals surface area (Å²) >= 11 is 5.10. The minimum atomic E-state index is -4.73. The molecule has 1 N–H and O–H groups in total. The number of nitrogens with zero attached hydrogens (tertiary/aromatic N) is 1. The van der Waals surface area contributed by atoms with Crippen molar-refractivity contribution in [3.63, 3.8) is 0 Å². The second-order valence-corrected chi connectivity index (χ2v) is 5.32. The SMILES string of the molecule is FC(F)(F)Oc1ccc2nc([C@H]3CCC(=S)CN3)oc2c1. The predicted octanol–water partition coefficient (Wildman–Crippen LogP) is 3.52. The topological polar surface area (TPSA) is 47.3 Å². The number of nitrogens with one attached hydrogen (secondary N) is 1. The molecule has 0 saturated carbocycles. The van der Waals surface area contributed by atoms with Crippen LogP contribution in [-0.4, -0.2) is 22.8 Å². The van der Waals surface area contributed by atoms with Crippen LogP contribution in [0.3, 0.4) is 0 Å². The van der Waals surface area contributed by atoms with Crippen molar-refractivity contribution in [1.82, 2.24) is 10.3 Å². The number of oxazole rings is 1. The minimum absolute atomic E-state index is 0.0731. The van der Waals surface area contributed by atoms with Crippen LogP contribution >= 0.6 is 12.2 Å². The molecule has 4 nitrogen and oxygen atoms in total. The molecule has 0 unspecified atom stereocenters.